The average molecular weight is 240 g/mol. The molecule has 1 aromatic carbocycles. The molecule has 5 heteroatoms. The van der Waals surface area contributed by atoms with Crippen molar-refractivity contribution in [2.75, 3.05) is 6.54 Å². The van der Waals surface area contributed by atoms with Crippen LogP contribution in [0, 0.1) is 11.6 Å². The maximum atomic E-state index is 13.6. The fraction of sp³-hybridized carbons (Fsp3) is 0.417. The summed E-state index contributed by atoms with van der Waals surface area (Å²) in [5, 5.41) is 2.66. The molecule has 2 rings (SSSR count). The number of nitrogens with one attached hydrogen (secondary N) is 1. The highest BCUT2D eigenvalue weighted by molar-refractivity contribution is 5.81. The second-order valence-electron chi connectivity index (χ2n) is 4.29. The lowest BCUT2D eigenvalue weighted by Gasteiger charge is -2.15. The van der Waals surface area contributed by atoms with Crippen molar-refractivity contribution in [3.63, 3.8) is 0 Å². The summed E-state index contributed by atoms with van der Waals surface area (Å²) >= 11 is 0. The number of benzene rings is 1. The van der Waals surface area contributed by atoms with Crippen LogP contribution in [0.1, 0.15) is 24.3 Å². The quantitative estimate of drug-likeness (QED) is 0.777. The maximum absolute atomic E-state index is 13.6. The molecular weight excluding hydrogens is 226 g/mol. The molecule has 1 aliphatic heterocycles. The molecule has 92 valence electrons. The predicted molar refractivity (Wildman–Crippen MR) is 59.3 cm³/mol. The van der Waals surface area contributed by atoms with Gasteiger partial charge >= 0.3 is 0 Å². The SMILES string of the molecule is N[C@@H]1CC[C@@H](c2ccc(F)cc2F)CNC1=O. The van der Waals surface area contributed by atoms with Crippen molar-refractivity contribution in [3.05, 3.63) is 35.4 Å². The van der Waals surface area contributed by atoms with Gasteiger partial charge < -0.3 is 11.1 Å². The number of hydrogen-bond donors (Lipinski definition) is 2. The summed E-state index contributed by atoms with van der Waals surface area (Å²) in [5.74, 6) is -1.52. The van der Waals surface area contributed by atoms with E-state index in [1.54, 1.807) is 0 Å². The first-order chi connectivity index (χ1) is 8.08. The van der Waals surface area contributed by atoms with Crippen molar-refractivity contribution >= 4 is 5.91 Å². The molecule has 3 N–H and O–H groups in total. The van der Waals surface area contributed by atoms with Crippen LogP contribution in [0.15, 0.2) is 18.2 Å². The Balaban J connectivity index is 2.19. The Labute approximate surface area is 98.0 Å². The molecule has 0 unspecified atom stereocenters. The van der Waals surface area contributed by atoms with Crippen molar-refractivity contribution in [3.8, 4) is 0 Å². The summed E-state index contributed by atoms with van der Waals surface area (Å²) in [6, 6.07) is 2.98. The summed E-state index contributed by atoms with van der Waals surface area (Å²) in [7, 11) is 0. The maximum Gasteiger partial charge on any atom is 0.236 e. The molecule has 1 aromatic rings. The minimum atomic E-state index is -0.597. The highest BCUT2D eigenvalue weighted by Gasteiger charge is 2.24. The lowest BCUT2D eigenvalue weighted by Crippen LogP contribution is -2.38. The van der Waals surface area contributed by atoms with Gasteiger partial charge in [0.15, 0.2) is 0 Å². The molecular formula is C12H14F2N2O. The van der Waals surface area contributed by atoms with Gasteiger partial charge in [0.2, 0.25) is 5.91 Å². The molecule has 17 heavy (non-hydrogen) atoms. The Morgan fingerprint density at radius 2 is 2.06 bits per heavy atom. The number of rotatable bonds is 1. The van der Waals surface area contributed by atoms with E-state index in [2.05, 4.69) is 5.32 Å². The zero-order valence-corrected chi connectivity index (χ0v) is 9.25. The van der Waals surface area contributed by atoms with E-state index in [0.717, 1.165) is 6.07 Å². The first-order valence-corrected chi connectivity index (χ1v) is 5.56. The third kappa shape index (κ3) is 2.61. The van der Waals surface area contributed by atoms with Gasteiger partial charge in [0.25, 0.3) is 0 Å². The van der Waals surface area contributed by atoms with Crippen LogP contribution in [-0.2, 0) is 4.79 Å². The Morgan fingerprint density at radius 1 is 1.29 bits per heavy atom. The molecule has 1 aliphatic rings. The zero-order chi connectivity index (χ0) is 12.4. The lowest BCUT2D eigenvalue weighted by atomic mass is 9.93. The summed E-state index contributed by atoms with van der Waals surface area (Å²) < 4.78 is 26.4. The average Bonchev–Trinajstić information content (AvgIpc) is 2.44. The standard InChI is InChI=1S/C12H14F2N2O/c13-8-2-3-9(10(14)5-8)7-1-4-11(15)12(17)16-6-7/h2-3,5,7,11H,1,4,6,15H2,(H,16,17)/t7-,11-/m1/s1. The normalized spacial score (nSPS) is 25.2. The van der Waals surface area contributed by atoms with Crippen LogP contribution < -0.4 is 11.1 Å². The molecule has 1 amide bonds. The molecule has 0 radical (unpaired) electrons. The molecule has 1 fully saturated rings. The van der Waals surface area contributed by atoms with E-state index < -0.39 is 17.7 Å². The molecule has 1 saturated heterocycles. The second-order valence-corrected chi connectivity index (χ2v) is 4.29. The van der Waals surface area contributed by atoms with Crippen LogP contribution in [0.3, 0.4) is 0 Å². The molecule has 0 spiro atoms. The van der Waals surface area contributed by atoms with Gasteiger partial charge in [0.05, 0.1) is 6.04 Å². The van der Waals surface area contributed by atoms with E-state index in [4.69, 9.17) is 5.73 Å². The minimum absolute atomic E-state index is 0.145. The van der Waals surface area contributed by atoms with Gasteiger partial charge in [-0.3, -0.25) is 4.79 Å². The van der Waals surface area contributed by atoms with Gasteiger partial charge in [-0.25, -0.2) is 8.78 Å². The van der Waals surface area contributed by atoms with Crippen molar-refractivity contribution < 1.29 is 13.6 Å². The van der Waals surface area contributed by atoms with Gasteiger partial charge in [-0.2, -0.15) is 0 Å². The number of halogens is 2. The van der Waals surface area contributed by atoms with Crippen molar-refractivity contribution in [1.82, 2.24) is 5.32 Å². The van der Waals surface area contributed by atoms with E-state index in [9.17, 15) is 13.6 Å². The second kappa shape index (κ2) is 4.79. The third-order valence-corrected chi connectivity index (χ3v) is 3.09. The van der Waals surface area contributed by atoms with E-state index in [0.29, 0.717) is 24.9 Å². The smallest absolute Gasteiger partial charge is 0.236 e. The van der Waals surface area contributed by atoms with Crippen LogP contribution in [0.4, 0.5) is 8.78 Å². The molecule has 0 bridgehead atoms. The number of carbonyl (C=O) groups excluding carboxylic acids is 1. The summed E-state index contributed by atoms with van der Waals surface area (Å²) in [4.78, 5) is 11.3. The Hall–Kier alpha value is -1.49. The van der Waals surface area contributed by atoms with Crippen molar-refractivity contribution in [1.29, 1.82) is 0 Å². The van der Waals surface area contributed by atoms with Crippen LogP contribution in [-0.4, -0.2) is 18.5 Å². The summed E-state index contributed by atoms with van der Waals surface area (Å²) in [6.07, 6.45) is 1.12. The summed E-state index contributed by atoms with van der Waals surface area (Å²) in [6.45, 7) is 0.342. The Kier molecular flexibility index (Phi) is 3.38. The predicted octanol–water partition coefficient (Wildman–Crippen LogP) is 1.29. The van der Waals surface area contributed by atoms with E-state index in [1.807, 2.05) is 0 Å². The molecule has 0 aromatic heterocycles. The Morgan fingerprint density at radius 3 is 2.76 bits per heavy atom. The van der Waals surface area contributed by atoms with Crippen LogP contribution >= 0.6 is 0 Å². The topological polar surface area (TPSA) is 55.1 Å². The molecule has 2 atom stereocenters. The van der Waals surface area contributed by atoms with E-state index in [-0.39, 0.29) is 11.8 Å². The monoisotopic (exact) mass is 240 g/mol. The zero-order valence-electron chi connectivity index (χ0n) is 9.25. The molecule has 0 aliphatic carbocycles. The fourth-order valence-electron chi connectivity index (χ4n) is 2.07. The van der Waals surface area contributed by atoms with Gasteiger partial charge in [0.1, 0.15) is 11.6 Å². The highest BCUT2D eigenvalue weighted by Crippen LogP contribution is 2.26. The van der Waals surface area contributed by atoms with Crippen LogP contribution in [0.25, 0.3) is 0 Å². The first-order valence-electron chi connectivity index (χ1n) is 5.56. The van der Waals surface area contributed by atoms with Gasteiger partial charge in [-0.1, -0.05) is 6.07 Å². The fourth-order valence-corrected chi connectivity index (χ4v) is 2.07. The lowest BCUT2D eigenvalue weighted by molar-refractivity contribution is -0.122. The molecule has 3 nitrogen and oxygen atoms in total. The van der Waals surface area contributed by atoms with Gasteiger partial charge in [-0.15, -0.1) is 0 Å². The number of amides is 1. The highest BCUT2D eigenvalue weighted by atomic mass is 19.1. The van der Waals surface area contributed by atoms with E-state index >= 15 is 0 Å². The van der Waals surface area contributed by atoms with Crippen LogP contribution in [0.5, 0.6) is 0 Å². The minimum Gasteiger partial charge on any atom is -0.354 e. The molecule has 1 heterocycles. The summed E-state index contributed by atoms with van der Waals surface area (Å²) in [5.41, 5.74) is 6.05. The van der Waals surface area contributed by atoms with Crippen LogP contribution in [0.2, 0.25) is 0 Å². The number of carbonyl (C=O) groups is 1. The van der Waals surface area contributed by atoms with Gasteiger partial charge in [0, 0.05) is 18.5 Å². The number of hydrogen-bond acceptors (Lipinski definition) is 2. The largest absolute Gasteiger partial charge is 0.354 e. The first kappa shape index (κ1) is 12.0. The van der Waals surface area contributed by atoms with Crippen molar-refractivity contribution in [2.24, 2.45) is 5.73 Å². The van der Waals surface area contributed by atoms with Crippen molar-refractivity contribution in [2.45, 2.75) is 24.8 Å². The van der Waals surface area contributed by atoms with Gasteiger partial charge in [-0.05, 0) is 24.5 Å². The van der Waals surface area contributed by atoms with E-state index in [1.165, 1.54) is 12.1 Å². The number of nitrogens with two attached hydrogens (primary N) is 1. The Bertz CT molecular complexity index is 437. The molecule has 0 saturated carbocycles. The third-order valence-electron chi connectivity index (χ3n) is 3.09.